The number of nitriles is 1. The van der Waals surface area contributed by atoms with Crippen LogP contribution in [-0.2, 0) is 9.53 Å². The first-order valence-corrected chi connectivity index (χ1v) is 10.8. The van der Waals surface area contributed by atoms with Gasteiger partial charge in [0.1, 0.15) is 11.6 Å². The summed E-state index contributed by atoms with van der Waals surface area (Å²) in [5.74, 6) is 0.170. The average molecular weight is 407 g/mol. The van der Waals surface area contributed by atoms with E-state index in [2.05, 4.69) is 49.0 Å². The van der Waals surface area contributed by atoms with Gasteiger partial charge in [-0.05, 0) is 37.6 Å². The van der Waals surface area contributed by atoms with Crippen LogP contribution < -0.4 is 11.1 Å². The highest BCUT2D eigenvalue weighted by molar-refractivity contribution is 5.87. The maximum absolute atomic E-state index is 13.2. The molecule has 1 atom stereocenters. The highest BCUT2D eigenvalue weighted by Gasteiger charge is 2.38. The second-order valence-electron chi connectivity index (χ2n) is 9.39. The van der Waals surface area contributed by atoms with Crippen molar-refractivity contribution in [3.8, 4) is 6.07 Å². The molecule has 2 saturated heterocycles. The Hall–Kier alpha value is -1.85. The van der Waals surface area contributed by atoms with Gasteiger partial charge in [-0.2, -0.15) is 5.26 Å². The van der Waals surface area contributed by atoms with Gasteiger partial charge in [-0.25, -0.2) is 4.99 Å². The number of rotatable bonds is 6. The van der Waals surface area contributed by atoms with Gasteiger partial charge >= 0.3 is 0 Å². The van der Waals surface area contributed by atoms with Crippen LogP contribution in [0.1, 0.15) is 53.4 Å². The lowest BCUT2D eigenvalue weighted by Gasteiger charge is -2.38. The molecule has 1 unspecified atom stereocenters. The van der Waals surface area contributed by atoms with Gasteiger partial charge in [-0.1, -0.05) is 27.7 Å². The van der Waals surface area contributed by atoms with Gasteiger partial charge in [0.05, 0.1) is 19.3 Å². The van der Waals surface area contributed by atoms with Crippen molar-refractivity contribution < 1.29 is 9.53 Å². The first-order valence-electron chi connectivity index (χ1n) is 10.8. The van der Waals surface area contributed by atoms with Crippen molar-refractivity contribution in [2.75, 3.05) is 45.9 Å². The van der Waals surface area contributed by atoms with Gasteiger partial charge in [0.25, 0.3) is 0 Å². The van der Waals surface area contributed by atoms with E-state index in [-0.39, 0.29) is 11.3 Å². The summed E-state index contributed by atoms with van der Waals surface area (Å²) in [6.45, 7) is 13.6. The lowest BCUT2D eigenvalue weighted by atomic mass is 9.85. The van der Waals surface area contributed by atoms with Crippen molar-refractivity contribution in [2.45, 2.75) is 65.0 Å². The summed E-state index contributed by atoms with van der Waals surface area (Å²) in [5, 5.41) is 12.9. The molecule has 2 rings (SSSR count). The van der Waals surface area contributed by atoms with Crippen LogP contribution in [0.15, 0.2) is 4.99 Å². The molecule has 3 N–H and O–H groups in total. The molecular weight excluding hydrogens is 368 g/mol. The molecule has 2 aliphatic rings. The maximum atomic E-state index is 13.2. The number of aliphatic imine (C=N–C) groups is 1. The minimum Gasteiger partial charge on any atom is -0.378 e. The highest BCUT2D eigenvalue weighted by atomic mass is 16.5. The predicted octanol–water partition coefficient (Wildman–Crippen LogP) is 1.32. The third-order valence-corrected chi connectivity index (χ3v) is 5.56. The van der Waals surface area contributed by atoms with Gasteiger partial charge in [-0.15, -0.1) is 0 Å². The standard InChI is InChI=1S/C21H38N6O2/c1-5-8-26-9-6-21(16-22,7-10-26)25-18(28)17(15-20(2,3)4)24-19(23)27-11-13-29-14-12-27/h17H,5-15H2,1-4H3,(H2,23,24)(H,25,28). The number of carbonyl (C=O) groups excluding carboxylic acids is 1. The normalized spacial score (nSPS) is 22.0. The molecule has 0 spiro atoms. The smallest absolute Gasteiger partial charge is 0.246 e. The van der Waals surface area contributed by atoms with E-state index in [9.17, 15) is 10.1 Å². The zero-order valence-corrected chi connectivity index (χ0v) is 18.5. The second kappa shape index (κ2) is 10.3. The van der Waals surface area contributed by atoms with E-state index in [0.717, 1.165) is 26.1 Å². The van der Waals surface area contributed by atoms with E-state index in [1.807, 2.05) is 4.90 Å². The molecule has 0 bridgehead atoms. The lowest BCUT2D eigenvalue weighted by Crippen LogP contribution is -2.57. The molecule has 8 heteroatoms. The van der Waals surface area contributed by atoms with Crippen LogP contribution in [0.3, 0.4) is 0 Å². The van der Waals surface area contributed by atoms with Gasteiger partial charge in [-0.3, -0.25) is 4.79 Å². The molecule has 0 radical (unpaired) electrons. The first-order chi connectivity index (χ1) is 13.7. The topological polar surface area (TPSA) is 107 Å². The number of morpholine rings is 1. The van der Waals surface area contributed by atoms with Crippen LogP contribution in [0.25, 0.3) is 0 Å². The van der Waals surface area contributed by atoms with Crippen LogP contribution in [-0.4, -0.2) is 79.2 Å². The molecule has 0 saturated carbocycles. The number of amides is 1. The van der Waals surface area contributed by atoms with Crippen molar-refractivity contribution in [3.05, 3.63) is 0 Å². The summed E-state index contributed by atoms with van der Waals surface area (Å²) in [5.41, 5.74) is 5.31. The summed E-state index contributed by atoms with van der Waals surface area (Å²) in [7, 11) is 0. The molecule has 0 aromatic carbocycles. The second-order valence-corrected chi connectivity index (χ2v) is 9.39. The Bertz CT molecular complexity index is 608. The minimum absolute atomic E-state index is 0.0961. The lowest BCUT2D eigenvalue weighted by molar-refractivity contribution is -0.124. The molecular formula is C21H38N6O2. The van der Waals surface area contributed by atoms with Crippen molar-refractivity contribution in [2.24, 2.45) is 16.1 Å². The largest absolute Gasteiger partial charge is 0.378 e. The zero-order valence-electron chi connectivity index (χ0n) is 18.5. The van der Waals surface area contributed by atoms with E-state index in [1.165, 1.54) is 0 Å². The minimum atomic E-state index is -0.819. The number of nitrogens with two attached hydrogens (primary N) is 1. The van der Waals surface area contributed by atoms with Gasteiger partial charge in [0.15, 0.2) is 5.96 Å². The Morgan fingerprint density at radius 1 is 1.28 bits per heavy atom. The van der Waals surface area contributed by atoms with Crippen molar-refractivity contribution in [1.29, 1.82) is 5.26 Å². The molecule has 164 valence electrons. The van der Waals surface area contributed by atoms with Gasteiger partial charge < -0.3 is 25.6 Å². The number of piperidine rings is 1. The SMILES string of the molecule is CCCN1CCC(C#N)(NC(=O)C(CC(C)(C)C)N=C(N)N2CCOCC2)CC1. The summed E-state index contributed by atoms with van der Waals surface area (Å²) in [4.78, 5) is 22.1. The molecule has 2 heterocycles. The number of hydrogen-bond acceptors (Lipinski definition) is 5. The number of likely N-dealkylation sites (tertiary alicyclic amines) is 1. The van der Waals surface area contributed by atoms with Crippen molar-refractivity contribution in [3.63, 3.8) is 0 Å². The predicted molar refractivity (Wildman–Crippen MR) is 114 cm³/mol. The average Bonchev–Trinajstić information content (AvgIpc) is 2.69. The van der Waals surface area contributed by atoms with Crippen LogP contribution in [0.4, 0.5) is 0 Å². The Balaban J connectivity index is 2.11. The summed E-state index contributed by atoms with van der Waals surface area (Å²) in [6.07, 6.45) is 2.93. The number of nitrogens with zero attached hydrogens (tertiary/aromatic N) is 4. The summed E-state index contributed by atoms with van der Waals surface area (Å²) >= 11 is 0. The quantitative estimate of drug-likeness (QED) is 0.509. The Morgan fingerprint density at radius 3 is 2.41 bits per heavy atom. The van der Waals surface area contributed by atoms with Crippen LogP contribution >= 0.6 is 0 Å². The molecule has 29 heavy (non-hydrogen) atoms. The molecule has 1 amide bonds. The fraction of sp³-hybridized carbons (Fsp3) is 0.857. The molecule has 0 aliphatic carbocycles. The van der Waals surface area contributed by atoms with E-state index >= 15 is 0 Å². The molecule has 2 aliphatic heterocycles. The highest BCUT2D eigenvalue weighted by Crippen LogP contribution is 2.26. The first kappa shape index (κ1) is 23.4. The number of carbonyl (C=O) groups is 1. The molecule has 0 aromatic rings. The number of nitrogens with one attached hydrogen (secondary N) is 1. The van der Waals surface area contributed by atoms with Gasteiger partial charge in [0.2, 0.25) is 5.91 Å². The summed E-state index contributed by atoms with van der Waals surface area (Å²) in [6, 6.07) is 1.77. The Morgan fingerprint density at radius 2 is 1.90 bits per heavy atom. The number of ether oxygens (including phenoxy) is 1. The van der Waals surface area contributed by atoms with E-state index in [4.69, 9.17) is 10.5 Å². The molecule has 2 fully saturated rings. The van der Waals surface area contributed by atoms with E-state index in [1.54, 1.807) is 0 Å². The fourth-order valence-electron chi connectivity index (χ4n) is 3.87. The maximum Gasteiger partial charge on any atom is 0.246 e. The number of hydrogen-bond donors (Lipinski definition) is 2. The molecule has 0 aromatic heterocycles. The Labute approximate surface area is 175 Å². The van der Waals surface area contributed by atoms with Crippen molar-refractivity contribution in [1.82, 2.24) is 15.1 Å². The van der Waals surface area contributed by atoms with Crippen molar-refractivity contribution >= 4 is 11.9 Å². The monoisotopic (exact) mass is 406 g/mol. The van der Waals surface area contributed by atoms with Gasteiger partial charge in [0, 0.05) is 26.2 Å². The van der Waals surface area contributed by atoms with E-state index < -0.39 is 11.6 Å². The third-order valence-electron chi connectivity index (χ3n) is 5.56. The zero-order chi connectivity index (χ0) is 21.5. The number of guanidine groups is 1. The van der Waals surface area contributed by atoms with E-state index in [0.29, 0.717) is 51.5 Å². The molecule has 8 nitrogen and oxygen atoms in total. The van der Waals surface area contributed by atoms with Crippen LogP contribution in [0.2, 0.25) is 0 Å². The van der Waals surface area contributed by atoms with Crippen LogP contribution in [0, 0.1) is 16.7 Å². The van der Waals surface area contributed by atoms with Crippen LogP contribution in [0.5, 0.6) is 0 Å². The Kier molecular flexibility index (Phi) is 8.29. The third kappa shape index (κ3) is 7.16. The summed E-state index contributed by atoms with van der Waals surface area (Å²) < 4.78 is 5.37. The fourth-order valence-corrected chi connectivity index (χ4v) is 3.87.